The highest BCUT2D eigenvalue weighted by Crippen LogP contribution is 2.32. The standard InChI is InChI=1S/C14H18BrN3O/c1-14(2,16-3)13-17-8-11(18-13)10-7-9(15)5-6-12(10)19-4/h5-8,16H,1-4H3,(H,17,18). The Labute approximate surface area is 121 Å². The van der Waals surface area contributed by atoms with Crippen LogP contribution < -0.4 is 10.1 Å². The third-order valence-corrected chi connectivity index (χ3v) is 3.74. The third-order valence-electron chi connectivity index (χ3n) is 3.24. The largest absolute Gasteiger partial charge is 0.496 e. The van der Waals surface area contributed by atoms with Crippen LogP contribution >= 0.6 is 15.9 Å². The molecule has 0 atom stereocenters. The van der Waals surface area contributed by atoms with Crippen LogP contribution in [-0.4, -0.2) is 24.1 Å². The predicted octanol–water partition coefficient (Wildman–Crippen LogP) is 3.30. The predicted molar refractivity (Wildman–Crippen MR) is 80.4 cm³/mol. The number of halogens is 1. The van der Waals surface area contributed by atoms with Crippen LogP contribution in [0.15, 0.2) is 28.9 Å². The molecule has 5 heteroatoms. The normalized spacial score (nSPS) is 11.6. The van der Waals surface area contributed by atoms with Gasteiger partial charge < -0.3 is 15.0 Å². The Morgan fingerprint density at radius 2 is 2.11 bits per heavy atom. The van der Waals surface area contributed by atoms with Crippen LogP contribution in [0.4, 0.5) is 0 Å². The van der Waals surface area contributed by atoms with Gasteiger partial charge in [-0.2, -0.15) is 0 Å². The van der Waals surface area contributed by atoms with Gasteiger partial charge in [0.25, 0.3) is 0 Å². The number of ether oxygens (including phenoxy) is 1. The number of hydrogen-bond donors (Lipinski definition) is 2. The lowest BCUT2D eigenvalue weighted by molar-refractivity contribution is 0.415. The Morgan fingerprint density at radius 1 is 1.37 bits per heavy atom. The molecular formula is C14H18BrN3O. The van der Waals surface area contributed by atoms with Gasteiger partial charge in [0, 0.05) is 10.0 Å². The number of H-pyrrole nitrogens is 1. The Morgan fingerprint density at radius 3 is 2.74 bits per heavy atom. The van der Waals surface area contributed by atoms with Crippen LogP contribution in [0.2, 0.25) is 0 Å². The number of aromatic nitrogens is 2. The van der Waals surface area contributed by atoms with E-state index in [0.29, 0.717) is 0 Å². The fourth-order valence-electron chi connectivity index (χ4n) is 1.78. The summed E-state index contributed by atoms with van der Waals surface area (Å²) in [4.78, 5) is 7.80. The number of methoxy groups -OCH3 is 1. The average molecular weight is 324 g/mol. The summed E-state index contributed by atoms with van der Waals surface area (Å²) in [6.45, 7) is 4.15. The van der Waals surface area contributed by atoms with E-state index in [2.05, 4.69) is 45.1 Å². The van der Waals surface area contributed by atoms with E-state index in [1.165, 1.54) is 0 Å². The van der Waals surface area contributed by atoms with Gasteiger partial charge in [-0.1, -0.05) is 15.9 Å². The van der Waals surface area contributed by atoms with Crippen LogP contribution in [0.5, 0.6) is 5.75 Å². The second-order valence-corrected chi connectivity index (χ2v) is 5.78. The Hall–Kier alpha value is -1.33. The van der Waals surface area contributed by atoms with Gasteiger partial charge >= 0.3 is 0 Å². The lowest BCUT2D eigenvalue weighted by Gasteiger charge is -2.20. The number of aromatic amines is 1. The summed E-state index contributed by atoms with van der Waals surface area (Å²) in [6.07, 6.45) is 1.83. The van der Waals surface area contributed by atoms with Crippen molar-refractivity contribution in [1.29, 1.82) is 0 Å². The second-order valence-electron chi connectivity index (χ2n) is 4.87. The number of imidazole rings is 1. The first-order chi connectivity index (χ1) is 8.97. The van der Waals surface area contributed by atoms with Crippen molar-refractivity contribution in [2.45, 2.75) is 19.4 Å². The topological polar surface area (TPSA) is 49.9 Å². The molecule has 2 rings (SSSR count). The fraction of sp³-hybridized carbons (Fsp3) is 0.357. The first-order valence-electron chi connectivity index (χ1n) is 6.06. The smallest absolute Gasteiger partial charge is 0.128 e. The minimum absolute atomic E-state index is 0.197. The highest BCUT2D eigenvalue weighted by molar-refractivity contribution is 9.10. The summed E-state index contributed by atoms with van der Waals surface area (Å²) in [6, 6.07) is 5.91. The van der Waals surface area contributed by atoms with E-state index in [9.17, 15) is 0 Å². The van der Waals surface area contributed by atoms with E-state index in [0.717, 1.165) is 27.3 Å². The van der Waals surface area contributed by atoms with Gasteiger partial charge in [-0.05, 0) is 39.1 Å². The lowest BCUT2D eigenvalue weighted by Crippen LogP contribution is -2.34. The number of benzene rings is 1. The molecule has 0 aliphatic carbocycles. The zero-order valence-corrected chi connectivity index (χ0v) is 13.1. The SMILES string of the molecule is CNC(C)(C)c1ncc(-c2cc(Br)ccc2OC)[nH]1. The number of nitrogens with zero attached hydrogens (tertiary/aromatic N) is 1. The van der Waals surface area contributed by atoms with Crippen molar-refractivity contribution >= 4 is 15.9 Å². The van der Waals surface area contributed by atoms with Crippen LogP contribution in [0.25, 0.3) is 11.3 Å². The Kier molecular flexibility index (Phi) is 3.96. The van der Waals surface area contributed by atoms with Gasteiger partial charge in [-0.25, -0.2) is 4.98 Å². The molecule has 0 fully saturated rings. The monoisotopic (exact) mass is 323 g/mol. The molecule has 0 aliphatic heterocycles. The molecule has 4 nitrogen and oxygen atoms in total. The maximum absolute atomic E-state index is 5.39. The molecule has 1 aromatic heterocycles. The van der Waals surface area contributed by atoms with E-state index in [1.807, 2.05) is 31.4 Å². The van der Waals surface area contributed by atoms with Crippen molar-refractivity contribution in [3.63, 3.8) is 0 Å². The highest BCUT2D eigenvalue weighted by atomic mass is 79.9. The number of rotatable bonds is 4. The summed E-state index contributed by atoms with van der Waals surface area (Å²) in [5.41, 5.74) is 1.73. The van der Waals surface area contributed by atoms with Crippen LogP contribution in [0.3, 0.4) is 0 Å². The second kappa shape index (κ2) is 5.35. The molecule has 1 aromatic carbocycles. The molecule has 0 saturated carbocycles. The van der Waals surface area contributed by atoms with Gasteiger partial charge in [0.15, 0.2) is 0 Å². The van der Waals surface area contributed by atoms with Gasteiger partial charge in [0.2, 0.25) is 0 Å². The van der Waals surface area contributed by atoms with Crippen LogP contribution in [-0.2, 0) is 5.54 Å². The first-order valence-corrected chi connectivity index (χ1v) is 6.85. The molecule has 0 bridgehead atoms. The summed E-state index contributed by atoms with van der Waals surface area (Å²) >= 11 is 3.48. The van der Waals surface area contributed by atoms with E-state index in [4.69, 9.17) is 4.74 Å². The molecule has 2 aromatic rings. The van der Waals surface area contributed by atoms with Crippen molar-refractivity contribution in [3.8, 4) is 17.0 Å². The summed E-state index contributed by atoms with van der Waals surface area (Å²) in [5, 5.41) is 3.23. The van der Waals surface area contributed by atoms with Gasteiger partial charge in [0.05, 0.1) is 24.5 Å². The summed E-state index contributed by atoms with van der Waals surface area (Å²) in [5.74, 6) is 1.72. The molecule has 0 spiro atoms. The maximum Gasteiger partial charge on any atom is 0.128 e. The zero-order valence-electron chi connectivity index (χ0n) is 11.5. The Balaban J connectivity index is 2.46. The van der Waals surface area contributed by atoms with Crippen molar-refractivity contribution in [2.24, 2.45) is 0 Å². The minimum Gasteiger partial charge on any atom is -0.496 e. The molecule has 19 heavy (non-hydrogen) atoms. The molecule has 0 aliphatic rings. The molecule has 1 heterocycles. The summed E-state index contributed by atoms with van der Waals surface area (Å²) < 4.78 is 6.40. The Bertz CT molecular complexity index is 578. The molecule has 102 valence electrons. The molecule has 0 radical (unpaired) electrons. The van der Waals surface area contributed by atoms with E-state index < -0.39 is 0 Å². The quantitative estimate of drug-likeness (QED) is 0.907. The van der Waals surface area contributed by atoms with Gasteiger partial charge in [0.1, 0.15) is 11.6 Å². The van der Waals surface area contributed by atoms with Crippen LogP contribution in [0.1, 0.15) is 19.7 Å². The van der Waals surface area contributed by atoms with E-state index in [-0.39, 0.29) is 5.54 Å². The lowest BCUT2D eigenvalue weighted by atomic mass is 10.1. The van der Waals surface area contributed by atoms with E-state index >= 15 is 0 Å². The third kappa shape index (κ3) is 2.82. The van der Waals surface area contributed by atoms with Gasteiger partial charge in [-0.15, -0.1) is 0 Å². The molecule has 0 amide bonds. The van der Waals surface area contributed by atoms with Gasteiger partial charge in [-0.3, -0.25) is 0 Å². The highest BCUT2D eigenvalue weighted by Gasteiger charge is 2.22. The summed E-state index contributed by atoms with van der Waals surface area (Å²) in [7, 11) is 3.59. The molecule has 0 saturated heterocycles. The average Bonchev–Trinajstić information content (AvgIpc) is 2.89. The van der Waals surface area contributed by atoms with Crippen molar-refractivity contribution < 1.29 is 4.74 Å². The first kappa shape index (κ1) is 14.1. The van der Waals surface area contributed by atoms with E-state index in [1.54, 1.807) is 7.11 Å². The van der Waals surface area contributed by atoms with Crippen molar-refractivity contribution in [3.05, 3.63) is 34.7 Å². The van der Waals surface area contributed by atoms with Crippen molar-refractivity contribution in [2.75, 3.05) is 14.2 Å². The maximum atomic E-state index is 5.39. The molecular weight excluding hydrogens is 306 g/mol. The number of hydrogen-bond acceptors (Lipinski definition) is 3. The van der Waals surface area contributed by atoms with Crippen molar-refractivity contribution in [1.82, 2.24) is 15.3 Å². The molecule has 2 N–H and O–H groups in total. The molecule has 0 unspecified atom stereocenters. The van der Waals surface area contributed by atoms with Crippen LogP contribution in [0, 0.1) is 0 Å². The fourth-order valence-corrected chi connectivity index (χ4v) is 2.15. The number of nitrogens with one attached hydrogen (secondary N) is 2. The zero-order chi connectivity index (χ0) is 14.0. The minimum atomic E-state index is -0.197.